The van der Waals surface area contributed by atoms with Gasteiger partial charge in [-0.25, -0.2) is 0 Å². The molecule has 2 N–H and O–H groups in total. The summed E-state index contributed by atoms with van der Waals surface area (Å²) in [6, 6.07) is 4.64. The van der Waals surface area contributed by atoms with Crippen molar-refractivity contribution in [3.63, 3.8) is 0 Å². The monoisotopic (exact) mass is 419 g/mol. The van der Waals surface area contributed by atoms with E-state index in [0.717, 1.165) is 23.1 Å². The minimum atomic E-state index is -1.05. The van der Waals surface area contributed by atoms with Crippen LogP contribution in [0.15, 0.2) is 22.5 Å². The molecule has 0 fully saturated rings. The number of nitrogens with one attached hydrogen (secondary N) is 1. The maximum atomic E-state index is 12.2. The van der Waals surface area contributed by atoms with E-state index in [1.807, 2.05) is 0 Å². The molecule has 0 aliphatic carbocycles. The molecule has 0 spiro atoms. The molecule has 0 atom stereocenters. The Hall–Kier alpha value is -1.68. The maximum Gasteiger partial charge on any atom is 0.303 e. The van der Waals surface area contributed by atoms with E-state index in [1.165, 1.54) is 6.07 Å². The van der Waals surface area contributed by atoms with E-state index in [1.54, 1.807) is 12.1 Å². The second kappa shape index (κ2) is 9.14. The van der Waals surface area contributed by atoms with Gasteiger partial charge in [-0.3, -0.25) is 14.4 Å². The summed E-state index contributed by atoms with van der Waals surface area (Å²) in [4.78, 5) is 34.1. The van der Waals surface area contributed by atoms with Crippen molar-refractivity contribution in [1.29, 1.82) is 0 Å². The minimum Gasteiger partial charge on any atom is -0.481 e. The number of carboxylic acids is 1. The average Bonchev–Trinajstić information content (AvgIpc) is 2.98. The lowest BCUT2D eigenvalue weighted by molar-refractivity contribution is -0.138. The molecule has 0 radical (unpaired) electrons. The molecule has 1 amide bonds. The molecule has 0 bridgehead atoms. The van der Waals surface area contributed by atoms with Gasteiger partial charge in [0, 0.05) is 17.0 Å². The molecule has 1 heterocycles. The Kier molecular flexibility index (Phi) is 7.18. The number of carboxylic acid groups (broad SMARTS) is 1. The zero-order valence-corrected chi connectivity index (χ0v) is 15.6. The Morgan fingerprint density at radius 3 is 2.64 bits per heavy atom. The second-order valence-electron chi connectivity index (χ2n) is 4.65. The first-order valence-electron chi connectivity index (χ1n) is 6.81. The Labute approximate surface area is 160 Å². The SMILES string of the molecule is O=C(O)CCC(=O)Nc1nnc(SCC(=O)c2ccc(Cl)cc2Cl)s1. The number of hydrogen-bond acceptors (Lipinski definition) is 7. The second-order valence-corrected chi connectivity index (χ2v) is 7.69. The molecule has 25 heavy (non-hydrogen) atoms. The van der Waals surface area contributed by atoms with Gasteiger partial charge in [-0.1, -0.05) is 46.3 Å². The number of thioether (sulfide) groups is 1. The van der Waals surface area contributed by atoms with Gasteiger partial charge < -0.3 is 10.4 Å². The van der Waals surface area contributed by atoms with Crippen LogP contribution in [0.25, 0.3) is 0 Å². The van der Waals surface area contributed by atoms with Crippen molar-refractivity contribution in [3.8, 4) is 0 Å². The molecule has 2 aromatic rings. The molecule has 0 saturated carbocycles. The van der Waals surface area contributed by atoms with E-state index in [0.29, 0.717) is 14.9 Å². The van der Waals surface area contributed by atoms with Crippen LogP contribution in [0, 0.1) is 0 Å². The summed E-state index contributed by atoms with van der Waals surface area (Å²) in [5.41, 5.74) is 0.366. The number of aromatic nitrogens is 2. The Morgan fingerprint density at radius 2 is 1.96 bits per heavy atom. The highest BCUT2D eigenvalue weighted by molar-refractivity contribution is 8.01. The summed E-state index contributed by atoms with van der Waals surface area (Å²) in [7, 11) is 0. The molecular formula is C14H11Cl2N3O4S2. The summed E-state index contributed by atoms with van der Waals surface area (Å²) in [5, 5.41) is 19.6. The van der Waals surface area contributed by atoms with E-state index < -0.39 is 11.9 Å². The molecule has 0 aliphatic rings. The third-order valence-corrected chi connectivity index (χ3v) is 5.30. The van der Waals surface area contributed by atoms with Crippen molar-refractivity contribution in [1.82, 2.24) is 10.2 Å². The van der Waals surface area contributed by atoms with E-state index in [4.69, 9.17) is 28.3 Å². The predicted molar refractivity (Wildman–Crippen MR) is 96.9 cm³/mol. The first-order valence-corrected chi connectivity index (χ1v) is 9.37. The standard InChI is InChI=1S/C14H11Cl2N3O4S2/c15-7-1-2-8(9(16)5-7)10(20)6-24-14-19-18-13(25-14)17-11(21)3-4-12(22)23/h1-2,5H,3-4,6H2,(H,22,23)(H,17,18,21). The fourth-order valence-electron chi connectivity index (χ4n) is 1.64. The van der Waals surface area contributed by atoms with E-state index in [-0.39, 0.29) is 34.5 Å². The minimum absolute atomic E-state index is 0.100. The smallest absolute Gasteiger partial charge is 0.303 e. The van der Waals surface area contributed by atoms with E-state index in [2.05, 4.69) is 15.5 Å². The van der Waals surface area contributed by atoms with Crippen LogP contribution in [0.4, 0.5) is 5.13 Å². The Balaban J connectivity index is 1.87. The first kappa shape index (κ1) is 19.6. The van der Waals surface area contributed by atoms with Crippen molar-refractivity contribution in [2.75, 3.05) is 11.1 Å². The average molecular weight is 420 g/mol. The van der Waals surface area contributed by atoms with Gasteiger partial charge in [-0.2, -0.15) is 0 Å². The largest absolute Gasteiger partial charge is 0.481 e. The number of halogens is 2. The Bertz CT molecular complexity index is 813. The van der Waals surface area contributed by atoms with Crippen molar-refractivity contribution in [2.24, 2.45) is 0 Å². The molecule has 1 aromatic heterocycles. The molecule has 0 saturated heterocycles. The third-order valence-electron chi connectivity index (χ3n) is 2.78. The van der Waals surface area contributed by atoms with Crippen LogP contribution in [0.5, 0.6) is 0 Å². The predicted octanol–water partition coefficient (Wildman–Crippen LogP) is 3.62. The maximum absolute atomic E-state index is 12.2. The topological polar surface area (TPSA) is 109 Å². The summed E-state index contributed by atoms with van der Waals surface area (Å²) < 4.78 is 0.493. The summed E-state index contributed by atoms with van der Waals surface area (Å²) in [6.45, 7) is 0. The summed E-state index contributed by atoms with van der Waals surface area (Å²) >= 11 is 14.0. The first-order chi connectivity index (χ1) is 11.8. The molecule has 2 rings (SSSR count). The van der Waals surface area contributed by atoms with Gasteiger partial charge >= 0.3 is 5.97 Å². The number of carbonyl (C=O) groups excluding carboxylic acids is 2. The zero-order chi connectivity index (χ0) is 18.4. The zero-order valence-electron chi connectivity index (χ0n) is 12.5. The molecule has 1 aromatic carbocycles. The van der Waals surface area contributed by atoms with Gasteiger partial charge in [-0.15, -0.1) is 10.2 Å². The van der Waals surface area contributed by atoms with Gasteiger partial charge in [0.05, 0.1) is 17.2 Å². The number of anilines is 1. The quantitative estimate of drug-likeness (QED) is 0.381. The highest BCUT2D eigenvalue weighted by Crippen LogP contribution is 2.28. The summed E-state index contributed by atoms with van der Waals surface area (Å²) in [5.74, 6) is -1.60. The number of Topliss-reactive ketones (excluding diaryl/α,β-unsaturated/α-hetero) is 1. The van der Waals surface area contributed by atoms with Crippen LogP contribution < -0.4 is 5.32 Å². The molecule has 7 nitrogen and oxygen atoms in total. The fourth-order valence-corrected chi connectivity index (χ4v) is 3.81. The summed E-state index contributed by atoms with van der Waals surface area (Å²) in [6.07, 6.45) is -0.409. The van der Waals surface area contributed by atoms with Crippen molar-refractivity contribution in [3.05, 3.63) is 33.8 Å². The van der Waals surface area contributed by atoms with Crippen LogP contribution in [-0.4, -0.2) is 38.7 Å². The van der Waals surface area contributed by atoms with Gasteiger partial charge in [0.2, 0.25) is 11.0 Å². The van der Waals surface area contributed by atoms with Gasteiger partial charge in [0.1, 0.15) is 0 Å². The lowest BCUT2D eigenvalue weighted by Crippen LogP contribution is -2.12. The van der Waals surface area contributed by atoms with Crippen molar-refractivity contribution < 1.29 is 19.5 Å². The Morgan fingerprint density at radius 1 is 1.20 bits per heavy atom. The number of rotatable bonds is 8. The van der Waals surface area contributed by atoms with Gasteiger partial charge in [0.25, 0.3) is 0 Å². The molecule has 0 aliphatic heterocycles. The van der Waals surface area contributed by atoms with Crippen molar-refractivity contribution in [2.45, 2.75) is 17.2 Å². The lowest BCUT2D eigenvalue weighted by Gasteiger charge is -2.02. The number of carbonyl (C=O) groups is 3. The van der Waals surface area contributed by atoms with Crippen LogP contribution in [0.2, 0.25) is 10.0 Å². The normalized spacial score (nSPS) is 10.5. The molecule has 11 heteroatoms. The number of aliphatic carboxylic acids is 1. The number of ketones is 1. The van der Waals surface area contributed by atoms with Gasteiger partial charge in [0.15, 0.2) is 10.1 Å². The number of benzene rings is 1. The van der Waals surface area contributed by atoms with Crippen LogP contribution in [0.1, 0.15) is 23.2 Å². The number of hydrogen-bond donors (Lipinski definition) is 2. The van der Waals surface area contributed by atoms with Crippen LogP contribution in [-0.2, 0) is 9.59 Å². The third kappa shape index (κ3) is 6.28. The number of amides is 1. The molecule has 132 valence electrons. The van der Waals surface area contributed by atoms with Crippen LogP contribution >= 0.6 is 46.3 Å². The van der Waals surface area contributed by atoms with E-state index in [9.17, 15) is 14.4 Å². The van der Waals surface area contributed by atoms with Crippen molar-refractivity contribution >= 4 is 69.1 Å². The highest BCUT2D eigenvalue weighted by atomic mass is 35.5. The molecule has 0 unspecified atom stereocenters. The fraction of sp³-hybridized carbons (Fsp3) is 0.214. The lowest BCUT2D eigenvalue weighted by atomic mass is 10.1. The van der Waals surface area contributed by atoms with Gasteiger partial charge in [-0.05, 0) is 18.2 Å². The molecular weight excluding hydrogens is 409 g/mol. The van der Waals surface area contributed by atoms with E-state index >= 15 is 0 Å². The number of nitrogens with zero attached hydrogens (tertiary/aromatic N) is 2. The highest BCUT2D eigenvalue weighted by Gasteiger charge is 2.14. The van der Waals surface area contributed by atoms with Crippen LogP contribution in [0.3, 0.4) is 0 Å².